The molecule has 0 unspecified atom stereocenters. The normalized spacial score (nSPS) is 17.6. The van der Waals surface area contributed by atoms with E-state index in [9.17, 15) is 14.4 Å². The number of nitrogens with zero attached hydrogens (tertiary/aromatic N) is 3. The number of carbonyl (C=O) groups is 3. The van der Waals surface area contributed by atoms with Crippen LogP contribution in [0, 0.1) is 0 Å². The van der Waals surface area contributed by atoms with Crippen LogP contribution in [0.3, 0.4) is 0 Å². The average Bonchev–Trinajstić information content (AvgIpc) is 3.26. The highest BCUT2D eigenvalue weighted by Crippen LogP contribution is 2.25. The van der Waals surface area contributed by atoms with Gasteiger partial charge in [-0.3, -0.25) is 19.3 Å². The number of hydrogen-bond acceptors (Lipinski definition) is 5. The van der Waals surface area contributed by atoms with Gasteiger partial charge in [-0.15, -0.1) is 11.8 Å². The Kier molecular flexibility index (Phi) is 8.00. The maximum absolute atomic E-state index is 13.2. The van der Waals surface area contributed by atoms with E-state index in [1.807, 2.05) is 54.8 Å². The first-order valence-electron chi connectivity index (χ1n) is 11.1. The maximum atomic E-state index is 13.2. The highest BCUT2D eigenvalue weighted by atomic mass is 32.2. The van der Waals surface area contributed by atoms with Crippen molar-refractivity contribution < 1.29 is 14.4 Å². The molecule has 0 radical (unpaired) electrons. The average molecular weight is 447 g/mol. The lowest BCUT2D eigenvalue weighted by atomic mass is 10.1. The van der Waals surface area contributed by atoms with E-state index in [2.05, 4.69) is 10.2 Å². The molecule has 0 bridgehead atoms. The summed E-state index contributed by atoms with van der Waals surface area (Å²) in [6.45, 7) is 10.5. The van der Waals surface area contributed by atoms with E-state index < -0.39 is 0 Å². The molecule has 2 aliphatic heterocycles. The van der Waals surface area contributed by atoms with Gasteiger partial charge in [0.05, 0.1) is 17.9 Å². The lowest BCUT2D eigenvalue weighted by molar-refractivity contribution is -0.127. The largest absolute Gasteiger partial charge is 0.350 e. The summed E-state index contributed by atoms with van der Waals surface area (Å²) in [5, 5.41) is 2.98. The van der Waals surface area contributed by atoms with Gasteiger partial charge in [0.1, 0.15) is 0 Å². The summed E-state index contributed by atoms with van der Waals surface area (Å²) < 4.78 is 0. The molecule has 8 heteroatoms. The van der Waals surface area contributed by atoms with E-state index in [4.69, 9.17) is 0 Å². The summed E-state index contributed by atoms with van der Waals surface area (Å²) in [4.78, 5) is 44.4. The Labute approximate surface area is 189 Å². The van der Waals surface area contributed by atoms with Gasteiger partial charge < -0.3 is 15.1 Å². The van der Waals surface area contributed by atoms with Crippen LogP contribution < -0.4 is 5.32 Å². The maximum Gasteiger partial charge on any atom is 0.255 e. The van der Waals surface area contributed by atoms with Crippen LogP contribution in [0.1, 0.15) is 44.0 Å². The van der Waals surface area contributed by atoms with Crippen molar-refractivity contribution >= 4 is 29.5 Å². The number of benzene rings is 1. The van der Waals surface area contributed by atoms with E-state index in [1.54, 1.807) is 0 Å². The Bertz CT molecular complexity index is 794. The minimum Gasteiger partial charge on any atom is -0.350 e. The van der Waals surface area contributed by atoms with Gasteiger partial charge in [-0.2, -0.15) is 0 Å². The molecule has 0 atom stereocenters. The Balaban J connectivity index is 1.52. The molecule has 0 saturated carbocycles. The van der Waals surface area contributed by atoms with E-state index in [0.29, 0.717) is 44.0 Å². The first kappa shape index (κ1) is 23.6. The van der Waals surface area contributed by atoms with Gasteiger partial charge in [0, 0.05) is 49.7 Å². The third kappa shape index (κ3) is 6.97. The highest BCUT2D eigenvalue weighted by Gasteiger charge is 2.26. The smallest absolute Gasteiger partial charge is 0.255 e. The Hall–Kier alpha value is -2.06. The van der Waals surface area contributed by atoms with E-state index >= 15 is 0 Å². The van der Waals surface area contributed by atoms with Gasteiger partial charge in [0.2, 0.25) is 11.8 Å². The monoisotopic (exact) mass is 446 g/mol. The SMILES string of the molecule is CC(C)(C)NC(=O)CN1CCN(C(=O)c2ccccc2SCC(=O)N2CCCC2)CC1. The second kappa shape index (κ2) is 10.5. The van der Waals surface area contributed by atoms with Crippen LogP contribution in [0.2, 0.25) is 0 Å². The zero-order chi connectivity index (χ0) is 22.4. The van der Waals surface area contributed by atoms with Gasteiger partial charge in [-0.1, -0.05) is 12.1 Å². The fourth-order valence-corrected chi connectivity index (χ4v) is 4.85. The standard InChI is InChI=1S/C23H34N4O3S/c1-23(2,3)24-20(28)16-25-12-14-27(15-13-25)22(30)18-8-4-5-9-19(18)31-17-21(29)26-10-6-7-11-26/h4-5,8-9H,6-7,10-17H2,1-3H3,(H,24,28). The first-order valence-corrected chi connectivity index (χ1v) is 12.0. The topological polar surface area (TPSA) is 73.0 Å². The molecule has 0 spiro atoms. The highest BCUT2D eigenvalue weighted by molar-refractivity contribution is 8.00. The van der Waals surface area contributed by atoms with Crippen molar-refractivity contribution in [2.45, 2.75) is 44.0 Å². The molecule has 1 aromatic rings. The van der Waals surface area contributed by atoms with Crippen LogP contribution in [-0.2, 0) is 9.59 Å². The van der Waals surface area contributed by atoms with Gasteiger partial charge >= 0.3 is 0 Å². The zero-order valence-corrected chi connectivity index (χ0v) is 19.7. The van der Waals surface area contributed by atoms with Crippen LogP contribution in [0.25, 0.3) is 0 Å². The third-order valence-corrected chi connectivity index (χ3v) is 6.53. The number of rotatable bonds is 6. The molecule has 170 valence electrons. The zero-order valence-electron chi connectivity index (χ0n) is 18.9. The Morgan fingerprint density at radius 2 is 1.58 bits per heavy atom. The van der Waals surface area contributed by atoms with Crippen molar-refractivity contribution in [3.05, 3.63) is 29.8 Å². The number of thioether (sulfide) groups is 1. The van der Waals surface area contributed by atoms with Gasteiger partial charge in [-0.25, -0.2) is 0 Å². The number of nitrogens with one attached hydrogen (secondary N) is 1. The van der Waals surface area contributed by atoms with Crippen molar-refractivity contribution in [2.24, 2.45) is 0 Å². The van der Waals surface area contributed by atoms with Crippen molar-refractivity contribution in [1.82, 2.24) is 20.0 Å². The summed E-state index contributed by atoms with van der Waals surface area (Å²) >= 11 is 1.45. The lowest BCUT2D eigenvalue weighted by Gasteiger charge is -2.35. The summed E-state index contributed by atoms with van der Waals surface area (Å²) in [6.07, 6.45) is 2.16. The molecule has 1 aromatic carbocycles. The second-order valence-corrected chi connectivity index (χ2v) is 10.3. The molecular formula is C23H34N4O3S. The van der Waals surface area contributed by atoms with Crippen LogP contribution >= 0.6 is 11.8 Å². The molecule has 3 amide bonds. The second-order valence-electron chi connectivity index (χ2n) is 9.24. The van der Waals surface area contributed by atoms with Crippen LogP contribution in [0.5, 0.6) is 0 Å². The Morgan fingerprint density at radius 3 is 2.23 bits per heavy atom. The molecular weight excluding hydrogens is 412 g/mol. The molecule has 3 rings (SSSR count). The van der Waals surface area contributed by atoms with E-state index in [-0.39, 0.29) is 23.3 Å². The third-order valence-electron chi connectivity index (χ3n) is 5.47. The molecule has 0 aromatic heterocycles. The van der Waals surface area contributed by atoms with E-state index in [0.717, 1.165) is 30.8 Å². The number of piperazine rings is 1. The van der Waals surface area contributed by atoms with E-state index in [1.165, 1.54) is 11.8 Å². The number of amides is 3. The number of likely N-dealkylation sites (tertiary alicyclic amines) is 1. The fraction of sp³-hybridized carbons (Fsp3) is 0.609. The molecule has 7 nitrogen and oxygen atoms in total. The molecule has 31 heavy (non-hydrogen) atoms. The van der Waals surface area contributed by atoms with Gasteiger partial charge in [-0.05, 0) is 45.7 Å². The Morgan fingerprint density at radius 1 is 0.935 bits per heavy atom. The summed E-state index contributed by atoms with van der Waals surface area (Å²) in [7, 11) is 0. The summed E-state index contributed by atoms with van der Waals surface area (Å²) in [6, 6.07) is 7.54. The molecule has 2 saturated heterocycles. The van der Waals surface area contributed by atoms with Crippen LogP contribution in [0.4, 0.5) is 0 Å². The first-order chi connectivity index (χ1) is 14.7. The molecule has 2 heterocycles. The predicted octanol–water partition coefficient (Wildman–Crippen LogP) is 2.07. The molecule has 1 N–H and O–H groups in total. The predicted molar refractivity (Wildman–Crippen MR) is 123 cm³/mol. The molecule has 2 fully saturated rings. The van der Waals surface area contributed by atoms with Crippen molar-refractivity contribution in [3.8, 4) is 0 Å². The van der Waals surface area contributed by atoms with Crippen molar-refractivity contribution in [2.75, 3.05) is 51.6 Å². The van der Waals surface area contributed by atoms with Crippen molar-refractivity contribution in [3.63, 3.8) is 0 Å². The number of carbonyl (C=O) groups excluding carboxylic acids is 3. The number of hydrogen-bond donors (Lipinski definition) is 1. The van der Waals surface area contributed by atoms with Crippen molar-refractivity contribution in [1.29, 1.82) is 0 Å². The summed E-state index contributed by atoms with van der Waals surface area (Å²) in [5.41, 5.74) is 0.410. The van der Waals surface area contributed by atoms with Gasteiger partial charge in [0.15, 0.2) is 0 Å². The van der Waals surface area contributed by atoms with Crippen LogP contribution in [0.15, 0.2) is 29.2 Å². The quantitative estimate of drug-likeness (QED) is 0.678. The molecule has 2 aliphatic rings. The van der Waals surface area contributed by atoms with Crippen LogP contribution in [-0.4, -0.2) is 89.5 Å². The minimum absolute atomic E-state index is 0.00415. The lowest BCUT2D eigenvalue weighted by Crippen LogP contribution is -2.52. The minimum atomic E-state index is -0.244. The molecule has 0 aliphatic carbocycles. The summed E-state index contributed by atoms with van der Waals surface area (Å²) in [5.74, 6) is 0.514. The van der Waals surface area contributed by atoms with Gasteiger partial charge in [0.25, 0.3) is 5.91 Å². The fourth-order valence-electron chi connectivity index (χ4n) is 3.91.